The van der Waals surface area contributed by atoms with Crippen molar-refractivity contribution in [3.63, 3.8) is 0 Å². The van der Waals surface area contributed by atoms with E-state index < -0.39 is 0 Å². The number of aryl methyl sites for hydroxylation is 1. The van der Waals surface area contributed by atoms with E-state index in [-0.39, 0.29) is 0 Å². The summed E-state index contributed by atoms with van der Waals surface area (Å²) >= 11 is 0. The lowest BCUT2D eigenvalue weighted by molar-refractivity contribution is 0.186. The molecule has 1 N–H and O–H groups in total. The first-order chi connectivity index (χ1) is 9.50. The second-order valence-corrected chi connectivity index (χ2v) is 6.64. The molecule has 1 aliphatic rings. The minimum atomic E-state index is 0.683. The summed E-state index contributed by atoms with van der Waals surface area (Å²) in [7, 11) is 2.15. The monoisotopic (exact) mass is 277 g/mol. The van der Waals surface area contributed by atoms with Crippen LogP contribution in [-0.2, 0) is 13.6 Å². The van der Waals surface area contributed by atoms with Crippen LogP contribution in [0.5, 0.6) is 0 Å². The molecule has 0 radical (unpaired) electrons. The Morgan fingerprint density at radius 2 is 1.85 bits per heavy atom. The van der Waals surface area contributed by atoms with Gasteiger partial charge in [-0.15, -0.1) is 0 Å². The van der Waals surface area contributed by atoms with Crippen molar-refractivity contribution in [3.8, 4) is 0 Å². The Morgan fingerprint density at radius 1 is 1.20 bits per heavy atom. The third kappa shape index (κ3) is 3.44. The second kappa shape index (κ2) is 6.77. The van der Waals surface area contributed by atoms with Gasteiger partial charge >= 0.3 is 0 Å². The van der Waals surface area contributed by atoms with Crippen molar-refractivity contribution in [1.82, 2.24) is 14.8 Å². The zero-order valence-electron chi connectivity index (χ0n) is 13.9. The summed E-state index contributed by atoms with van der Waals surface area (Å²) in [5.74, 6) is 0.721. The van der Waals surface area contributed by atoms with E-state index >= 15 is 0 Å². The van der Waals surface area contributed by atoms with E-state index in [0.717, 1.165) is 19.0 Å². The number of nitrogens with zero attached hydrogens (tertiary/aromatic N) is 2. The van der Waals surface area contributed by atoms with Crippen LogP contribution < -0.4 is 5.32 Å². The lowest BCUT2D eigenvalue weighted by Crippen LogP contribution is -2.44. The quantitative estimate of drug-likeness (QED) is 0.863. The van der Waals surface area contributed by atoms with Gasteiger partial charge in [-0.2, -0.15) is 0 Å². The molecule has 1 aromatic heterocycles. The summed E-state index contributed by atoms with van der Waals surface area (Å²) in [4.78, 5) is 2.67. The molecule has 3 heteroatoms. The topological polar surface area (TPSA) is 20.2 Å². The molecule has 2 rings (SSSR count). The zero-order chi connectivity index (χ0) is 14.7. The molecule has 0 amide bonds. The van der Waals surface area contributed by atoms with Crippen LogP contribution >= 0.6 is 0 Å². The summed E-state index contributed by atoms with van der Waals surface area (Å²) in [6.07, 6.45) is 2.75. The fourth-order valence-corrected chi connectivity index (χ4v) is 3.33. The molecule has 0 saturated carbocycles. The highest BCUT2D eigenvalue weighted by Crippen LogP contribution is 2.18. The number of likely N-dealkylation sites (tertiary alicyclic amines) is 1. The highest BCUT2D eigenvalue weighted by atomic mass is 15.2. The molecule has 1 aliphatic heterocycles. The number of hydrogen-bond donors (Lipinski definition) is 1. The Morgan fingerprint density at radius 3 is 2.35 bits per heavy atom. The normalized spacial score (nSPS) is 18.1. The van der Waals surface area contributed by atoms with Gasteiger partial charge in [0.05, 0.1) is 0 Å². The molecule has 0 spiro atoms. The van der Waals surface area contributed by atoms with Gasteiger partial charge in [0.1, 0.15) is 0 Å². The fraction of sp³-hybridized carbons (Fsp3) is 0.765. The maximum atomic E-state index is 3.69. The van der Waals surface area contributed by atoms with E-state index in [1.54, 1.807) is 0 Å². The molecule has 1 unspecified atom stereocenters. The Labute approximate surface area is 124 Å². The van der Waals surface area contributed by atoms with E-state index in [0.29, 0.717) is 6.04 Å². The Kier molecular flexibility index (Phi) is 5.28. The molecule has 1 aromatic rings. The highest BCUT2D eigenvalue weighted by Gasteiger charge is 2.24. The van der Waals surface area contributed by atoms with Crippen molar-refractivity contribution in [2.75, 3.05) is 19.6 Å². The van der Waals surface area contributed by atoms with Gasteiger partial charge in [-0.1, -0.05) is 13.8 Å². The van der Waals surface area contributed by atoms with Gasteiger partial charge in [0, 0.05) is 37.6 Å². The van der Waals surface area contributed by atoms with Gasteiger partial charge in [-0.05, 0) is 57.3 Å². The molecule has 1 fully saturated rings. The third-order valence-electron chi connectivity index (χ3n) is 4.93. The summed E-state index contributed by atoms with van der Waals surface area (Å²) in [6, 6.07) is 2.99. The molecule has 2 heterocycles. The van der Waals surface area contributed by atoms with Crippen LogP contribution in [0, 0.1) is 19.8 Å². The van der Waals surface area contributed by atoms with E-state index in [2.05, 4.69) is 55.6 Å². The molecule has 3 nitrogen and oxygen atoms in total. The SMILES string of the molecule is Cc1cc(CNCC(C(C)C)N2CCCC2)c(C)n1C. The zero-order valence-corrected chi connectivity index (χ0v) is 13.9. The van der Waals surface area contributed by atoms with Crippen molar-refractivity contribution in [3.05, 3.63) is 23.0 Å². The average Bonchev–Trinajstić information content (AvgIpc) is 3.00. The molecule has 0 aliphatic carbocycles. The summed E-state index contributed by atoms with van der Waals surface area (Å²) in [5, 5.41) is 3.69. The first-order valence-corrected chi connectivity index (χ1v) is 8.07. The minimum absolute atomic E-state index is 0.683. The lowest BCUT2D eigenvalue weighted by Gasteiger charge is -2.31. The van der Waals surface area contributed by atoms with Crippen molar-refractivity contribution in [2.24, 2.45) is 13.0 Å². The van der Waals surface area contributed by atoms with E-state index in [1.165, 1.54) is 42.9 Å². The van der Waals surface area contributed by atoms with Crippen molar-refractivity contribution in [2.45, 2.75) is 53.1 Å². The van der Waals surface area contributed by atoms with Crippen LogP contribution in [0.4, 0.5) is 0 Å². The number of rotatable bonds is 6. The van der Waals surface area contributed by atoms with E-state index in [1.807, 2.05) is 0 Å². The molecule has 114 valence electrons. The van der Waals surface area contributed by atoms with Gasteiger partial charge in [0.15, 0.2) is 0 Å². The molecule has 0 bridgehead atoms. The van der Waals surface area contributed by atoms with Gasteiger partial charge < -0.3 is 9.88 Å². The molecular weight excluding hydrogens is 246 g/mol. The third-order valence-corrected chi connectivity index (χ3v) is 4.93. The standard InChI is InChI=1S/C17H31N3/c1-13(2)17(20-8-6-7-9-20)12-18-11-16-10-14(3)19(5)15(16)4/h10,13,17-18H,6-9,11-12H2,1-5H3. The molecule has 1 saturated heterocycles. The second-order valence-electron chi connectivity index (χ2n) is 6.64. The van der Waals surface area contributed by atoms with Crippen molar-refractivity contribution < 1.29 is 0 Å². The maximum Gasteiger partial charge on any atom is 0.0243 e. The Hall–Kier alpha value is -0.800. The van der Waals surface area contributed by atoms with Crippen LogP contribution in [0.1, 0.15) is 43.6 Å². The van der Waals surface area contributed by atoms with Gasteiger partial charge in [0.25, 0.3) is 0 Å². The number of aromatic nitrogens is 1. The average molecular weight is 277 g/mol. The number of nitrogens with one attached hydrogen (secondary N) is 1. The first kappa shape index (κ1) is 15.6. The van der Waals surface area contributed by atoms with Gasteiger partial charge in [0.2, 0.25) is 0 Å². The molecule has 0 aromatic carbocycles. The summed E-state index contributed by atoms with van der Waals surface area (Å²) < 4.78 is 2.28. The predicted molar refractivity (Wildman–Crippen MR) is 86.0 cm³/mol. The summed E-state index contributed by atoms with van der Waals surface area (Å²) in [6.45, 7) is 13.8. The van der Waals surface area contributed by atoms with Crippen LogP contribution in [0.15, 0.2) is 6.07 Å². The largest absolute Gasteiger partial charge is 0.352 e. The van der Waals surface area contributed by atoms with Gasteiger partial charge in [-0.25, -0.2) is 0 Å². The summed E-state index contributed by atoms with van der Waals surface area (Å²) in [5.41, 5.74) is 4.17. The lowest BCUT2D eigenvalue weighted by atomic mass is 10.0. The van der Waals surface area contributed by atoms with Gasteiger partial charge in [-0.3, -0.25) is 4.90 Å². The van der Waals surface area contributed by atoms with Crippen LogP contribution in [0.25, 0.3) is 0 Å². The smallest absolute Gasteiger partial charge is 0.0243 e. The van der Waals surface area contributed by atoms with E-state index in [4.69, 9.17) is 0 Å². The van der Waals surface area contributed by atoms with Crippen LogP contribution in [-0.4, -0.2) is 35.1 Å². The fourth-order valence-electron chi connectivity index (χ4n) is 3.33. The predicted octanol–water partition coefficient (Wildman–Crippen LogP) is 2.85. The first-order valence-electron chi connectivity index (χ1n) is 8.07. The Bertz CT molecular complexity index is 428. The van der Waals surface area contributed by atoms with Crippen molar-refractivity contribution >= 4 is 0 Å². The maximum absolute atomic E-state index is 3.69. The molecule has 20 heavy (non-hydrogen) atoms. The van der Waals surface area contributed by atoms with Crippen molar-refractivity contribution in [1.29, 1.82) is 0 Å². The minimum Gasteiger partial charge on any atom is -0.352 e. The molecular formula is C17H31N3. The van der Waals surface area contributed by atoms with Crippen LogP contribution in [0.3, 0.4) is 0 Å². The van der Waals surface area contributed by atoms with Crippen LogP contribution in [0.2, 0.25) is 0 Å². The molecule has 1 atom stereocenters. The highest BCUT2D eigenvalue weighted by molar-refractivity contribution is 5.26. The van der Waals surface area contributed by atoms with E-state index in [9.17, 15) is 0 Å². The Balaban J connectivity index is 1.88. The number of hydrogen-bond acceptors (Lipinski definition) is 2.